The monoisotopic (exact) mass is 368 g/mol. The lowest BCUT2D eigenvalue weighted by Crippen LogP contribution is -2.48. The zero-order chi connectivity index (χ0) is 19.2. The van der Waals surface area contributed by atoms with Gasteiger partial charge in [0, 0.05) is 37.6 Å². The number of benzene rings is 2. The Kier molecular flexibility index (Phi) is 5.89. The van der Waals surface area contributed by atoms with Crippen LogP contribution in [0.3, 0.4) is 0 Å². The van der Waals surface area contributed by atoms with E-state index in [1.807, 2.05) is 30.3 Å². The number of hydrogen-bond acceptors (Lipinski definition) is 6. The molecule has 1 N–H and O–H groups in total. The van der Waals surface area contributed by atoms with Gasteiger partial charge in [-0.1, -0.05) is 6.07 Å². The van der Waals surface area contributed by atoms with Gasteiger partial charge in [0.25, 0.3) is 0 Å². The second kappa shape index (κ2) is 8.52. The molecule has 3 rings (SSSR count). The Morgan fingerprint density at radius 3 is 2.52 bits per heavy atom. The minimum Gasteiger partial charge on any atom is -0.468 e. The van der Waals surface area contributed by atoms with E-state index in [1.54, 1.807) is 12.1 Å². The van der Waals surface area contributed by atoms with Crippen molar-refractivity contribution in [3.63, 3.8) is 0 Å². The van der Waals surface area contributed by atoms with Crippen molar-refractivity contribution in [1.29, 1.82) is 5.26 Å². The van der Waals surface area contributed by atoms with Crippen LogP contribution in [0.5, 0.6) is 0 Å². The van der Waals surface area contributed by atoms with E-state index in [0.29, 0.717) is 12.2 Å². The summed E-state index contributed by atoms with van der Waals surface area (Å²) in [7, 11) is 1.40. The second-order valence-electron chi connectivity index (χ2n) is 6.29. The summed E-state index contributed by atoms with van der Waals surface area (Å²) in [6.07, 6.45) is 0. The van der Waals surface area contributed by atoms with E-state index in [1.165, 1.54) is 13.2 Å². The quantitative estimate of drug-likeness (QED) is 0.819. The van der Waals surface area contributed by atoms with Crippen molar-refractivity contribution in [2.45, 2.75) is 0 Å². The van der Waals surface area contributed by atoms with Crippen LogP contribution in [0.1, 0.15) is 5.56 Å². The Morgan fingerprint density at radius 2 is 1.89 bits per heavy atom. The molecule has 0 radical (unpaired) electrons. The zero-order valence-corrected chi connectivity index (χ0v) is 15.1. The average Bonchev–Trinajstić information content (AvgIpc) is 2.69. The molecule has 0 bridgehead atoms. The molecule has 0 saturated carbocycles. The molecule has 0 unspecified atom stereocenters. The Bertz CT molecular complexity index is 840. The highest BCUT2D eigenvalue weighted by Gasteiger charge is 2.19. The lowest BCUT2D eigenvalue weighted by Gasteiger charge is -2.35. The van der Waals surface area contributed by atoms with Crippen molar-refractivity contribution in [3.05, 3.63) is 53.8 Å². The normalized spacial score (nSPS) is 14.5. The molecule has 1 fully saturated rings. The summed E-state index contributed by atoms with van der Waals surface area (Å²) < 4.78 is 18.4. The van der Waals surface area contributed by atoms with E-state index >= 15 is 0 Å². The molecule has 0 amide bonds. The van der Waals surface area contributed by atoms with Gasteiger partial charge in [0.15, 0.2) is 0 Å². The SMILES string of the molecule is COC(=O)CN1CCN(c2ccc(Nc3cccc(F)c3C#N)cc2)CC1. The van der Waals surface area contributed by atoms with E-state index in [2.05, 4.69) is 15.1 Å². The molecule has 6 nitrogen and oxygen atoms in total. The molecule has 1 aliphatic rings. The maximum atomic E-state index is 13.7. The summed E-state index contributed by atoms with van der Waals surface area (Å²) in [6, 6.07) is 14.2. The van der Waals surface area contributed by atoms with Crippen LogP contribution in [0.4, 0.5) is 21.5 Å². The number of esters is 1. The molecule has 0 aromatic heterocycles. The Balaban J connectivity index is 1.61. The van der Waals surface area contributed by atoms with Crippen LogP contribution < -0.4 is 10.2 Å². The molecule has 27 heavy (non-hydrogen) atoms. The van der Waals surface area contributed by atoms with Crippen LogP contribution in [0.2, 0.25) is 0 Å². The predicted octanol–water partition coefficient (Wildman–Crippen LogP) is 2.74. The fraction of sp³-hybridized carbons (Fsp3) is 0.300. The van der Waals surface area contributed by atoms with E-state index in [-0.39, 0.29) is 11.5 Å². The van der Waals surface area contributed by atoms with Gasteiger partial charge >= 0.3 is 5.97 Å². The van der Waals surface area contributed by atoms with Gasteiger partial charge in [-0.05, 0) is 36.4 Å². The number of ether oxygens (including phenoxy) is 1. The Labute approximate surface area is 157 Å². The smallest absolute Gasteiger partial charge is 0.319 e. The van der Waals surface area contributed by atoms with Crippen molar-refractivity contribution in [3.8, 4) is 6.07 Å². The highest BCUT2D eigenvalue weighted by molar-refractivity contribution is 5.71. The molecular formula is C20H21FN4O2. The van der Waals surface area contributed by atoms with Crippen molar-refractivity contribution in [1.82, 2.24) is 4.90 Å². The lowest BCUT2D eigenvalue weighted by molar-refractivity contribution is -0.142. The van der Waals surface area contributed by atoms with Crippen molar-refractivity contribution < 1.29 is 13.9 Å². The van der Waals surface area contributed by atoms with Gasteiger partial charge in [0.05, 0.1) is 19.3 Å². The number of rotatable bonds is 5. The summed E-state index contributed by atoms with van der Waals surface area (Å²) in [5, 5.41) is 12.2. The number of nitrogens with zero attached hydrogens (tertiary/aromatic N) is 3. The summed E-state index contributed by atoms with van der Waals surface area (Å²) in [6.45, 7) is 3.56. The van der Waals surface area contributed by atoms with Crippen LogP contribution in [0.25, 0.3) is 0 Å². The van der Waals surface area contributed by atoms with Gasteiger partial charge in [0.2, 0.25) is 0 Å². The highest BCUT2D eigenvalue weighted by atomic mass is 19.1. The summed E-state index contributed by atoms with van der Waals surface area (Å²) in [5.41, 5.74) is 2.31. The van der Waals surface area contributed by atoms with Crippen molar-refractivity contribution in [2.75, 3.05) is 50.1 Å². The Hall–Kier alpha value is -3.11. The second-order valence-corrected chi connectivity index (χ2v) is 6.29. The van der Waals surface area contributed by atoms with Gasteiger partial charge in [-0.25, -0.2) is 4.39 Å². The molecule has 7 heteroatoms. The van der Waals surface area contributed by atoms with E-state index < -0.39 is 5.82 Å². The van der Waals surface area contributed by atoms with Gasteiger partial charge in [-0.2, -0.15) is 5.26 Å². The predicted molar refractivity (Wildman–Crippen MR) is 102 cm³/mol. The van der Waals surface area contributed by atoms with E-state index in [4.69, 9.17) is 10.00 Å². The highest BCUT2D eigenvalue weighted by Crippen LogP contribution is 2.25. The number of halogens is 1. The summed E-state index contributed by atoms with van der Waals surface area (Å²) in [5.74, 6) is -0.753. The standard InChI is InChI=1S/C20H21FN4O2/c1-27-20(26)14-24-9-11-25(12-10-24)16-7-5-15(6-8-16)23-19-4-2-3-18(21)17(19)13-22/h2-8,23H,9-12,14H2,1H3. The molecule has 1 aliphatic heterocycles. The van der Waals surface area contributed by atoms with Crippen LogP contribution >= 0.6 is 0 Å². The first-order chi connectivity index (χ1) is 13.1. The number of methoxy groups -OCH3 is 1. The number of nitriles is 1. The molecule has 2 aromatic carbocycles. The maximum Gasteiger partial charge on any atom is 0.319 e. The van der Waals surface area contributed by atoms with Crippen molar-refractivity contribution in [2.24, 2.45) is 0 Å². The first-order valence-corrected chi connectivity index (χ1v) is 8.70. The number of nitrogens with one attached hydrogen (secondary N) is 1. The fourth-order valence-corrected chi connectivity index (χ4v) is 3.06. The molecule has 2 aromatic rings. The number of carbonyl (C=O) groups is 1. The first-order valence-electron chi connectivity index (χ1n) is 8.70. The number of carbonyl (C=O) groups excluding carboxylic acids is 1. The average molecular weight is 368 g/mol. The van der Waals surface area contributed by atoms with Crippen LogP contribution in [0, 0.1) is 17.1 Å². The third-order valence-corrected chi connectivity index (χ3v) is 4.59. The molecule has 0 aliphatic carbocycles. The molecule has 1 heterocycles. The largest absolute Gasteiger partial charge is 0.468 e. The molecular weight excluding hydrogens is 347 g/mol. The van der Waals surface area contributed by atoms with Gasteiger partial charge in [0.1, 0.15) is 17.4 Å². The van der Waals surface area contributed by atoms with Crippen LogP contribution in [-0.4, -0.2) is 50.7 Å². The minimum atomic E-state index is -0.538. The minimum absolute atomic E-state index is 0.00306. The maximum absolute atomic E-state index is 13.7. The molecule has 1 saturated heterocycles. The van der Waals surface area contributed by atoms with Crippen molar-refractivity contribution >= 4 is 23.0 Å². The lowest BCUT2D eigenvalue weighted by atomic mass is 10.1. The molecule has 140 valence electrons. The molecule has 0 atom stereocenters. The summed E-state index contributed by atoms with van der Waals surface area (Å²) in [4.78, 5) is 15.7. The van der Waals surface area contributed by atoms with Gasteiger partial charge in [-0.3, -0.25) is 9.69 Å². The number of hydrogen-bond donors (Lipinski definition) is 1. The first kappa shape index (κ1) is 18.7. The van der Waals surface area contributed by atoms with E-state index in [9.17, 15) is 9.18 Å². The van der Waals surface area contributed by atoms with Crippen LogP contribution in [0.15, 0.2) is 42.5 Å². The molecule has 0 spiro atoms. The fourth-order valence-electron chi connectivity index (χ4n) is 3.06. The van der Waals surface area contributed by atoms with Gasteiger partial charge in [-0.15, -0.1) is 0 Å². The third-order valence-electron chi connectivity index (χ3n) is 4.59. The number of anilines is 3. The topological polar surface area (TPSA) is 68.6 Å². The van der Waals surface area contributed by atoms with Gasteiger partial charge < -0.3 is 15.0 Å². The van der Waals surface area contributed by atoms with Crippen LogP contribution in [-0.2, 0) is 9.53 Å². The third kappa shape index (κ3) is 4.54. The van der Waals surface area contributed by atoms with E-state index in [0.717, 1.165) is 37.6 Å². The summed E-state index contributed by atoms with van der Waals surface area (Å²) >= 11 is 0. The zero-order valence-electron chi connectivity index (χ0n) is 15.1. The number of piperazine rings is 1. The Morgan fingerprint density at radius 1 is 1.19 bits per heavy atom.